The SMILES string of the molecule is O=C(O)C(F)(F)F.O=S(=O)(CC=Cc1ccccc1C(F)(F)F)n1ccc2c(CN3CCC3)cccc21. The van der Waals surface area contributed by atoms with Crippen molar-refractivity contribution in [3.05, 3.63) is 77.5 Å². The Hall–Kier alpha value is -3.32. The number of rotatable bonds is 6. The Labute approximate surface area is 208 Å². The van der Waals surface area contributed by atoms with E-state index in [-0.39, 0.29) is 5.56 Å². The number of carbonyl (C=O) groups is 1. The summed E-state index contributed by atoms with van der Waals surface area (Å²) in [6, 6.07) is 12.4. The molecule has 2 aromatic carbocycles. The maximum absolute atomic E-state index is 13.1. The second-order valence-electron chi connectivity index (χ2n) is 8.16. The molecule has 0 unspecified atom stereocenters. The summed E-state index contributed by atoms with van der Waals surface area (Å²) >= 11 is 0. The highest BCUT2D eigenvalue weighted by molar-refractivity contribution is 7.90. The van der Waals surface area contributed by atoms with Gasteiger partial charge in [0.05, 0.1) is 16.8 Å². The summed E-state index contributed by atoms with van der Waals surface area (Å²) in [5.74, 6) is -3.16. The van der Waals surface area contributed by atoms with Gasteiger partial charge in [-0.25, -0.2) is 17.2 Å². The average molecular weight is 549 g/mol. The van der Waals surface area contributed by atoms with Crippen LogP contribution in [0.1, 0.15) is 23.1 Å². The van der Waals surface area contributed by atoms with Crippen LogP contribution in [0.3, 0.4) is 0 Å². The first-order chi connectivity index (χ1) is 17.2. The number of aromatic nitrogens is 1. The number of fused-ring (bicyclic) bond motifs is 1. The van der Waals surface area contributed by atoms with E-state index in [0.717, 1.165) is 36.7 Å². The van der Waals surface area contributed by atoms with Crippen molar-refractivity contribution in [1.29, 1.82) is 0 Å². The minimum atomic E-state index is -5.08. The van der Waals surface area contributed by atoms with Crippen LogP contribution in [0.2, 0.25) is 0 Å². The summed E-state index contributed by atoms with van der Waals surface area (Å²) in [5, 5.41) is 8.00. The van der Waals surface area contributed by atoms with Gasteiger partial charge in [0.1, 0.15) is 0 Å². The van der Waals surface area contributed by atoms with E-state index in [1.54, 1.807) is 12.1 Å². The molecule has 0 radical (unpaired) electrons. The summed E-state index contributed by atoms with van der Waals surface area (Å²) in [5.41, 5.74) is 0.794. The Morgan fingerprint density at radius 3 is 2.19 bits per heavy atom. The first kappa shape index (κ1) is 28.3. The molecule has 200 valence electrons. The zero-order chi connectivity index (χ0) is 27.4. The largest absolute Gasteiger partial charge is 0.490 e. The molecule has 6 nitrogen and oxygen atoms in total. The van der Waals surface area contributed by atoms with Gasteiger partial charge in [-0.05, 0) is 48.8 Å². The molecule has 0 atom stereocenters. The molecule has 2 heterocycles. The number of benzene rings is 2. The van der Waals surface area contributed by atoms with Crippen LogP contribution in [0.25, 0.3) is 17.0 Å². The number of carboxylic acids is 1. The van der Waals surface area contributed by atoms with E-state index < -0.39 is 39.7 Å². The van der Waals surface area contributed by atoms with Gasteiger partial charge in [-0.1, -0.05) is 42.5 Å². The highest BCUT2D eigenvalue weighted by Crippen LogP contribution is 2.32. The van der Waals surface area contributed by atoms with E-state index in [2.05, 4.69) is 4.90 Å². The van der Waals surface area contributed by atoms with Gasteiger partial charge in [0, 0.05) is 18.1 Å². The summed E-state index contributed by atoms with van der Waals surface area (Å²) < 4.78 is 98.0. The molecule has 1 aliphatic heterocycles. The van der Waals surface area contributed by atoms with Gasteiger partial charge in [0.2, 0.25) is 10.0 Å². The zero-order valence-corrected chi connectivity index (χ0v) is 19.9. The second-order valence-corrected chi connectivity index (χ2v) is 10.1. The quantitative estimate of drug-likeness (QED) is 0.418. The van der Waals surface area contributed by atoms with Crippen molar-refractivity contribution in [3.8, 4) is 0 Å². The summed E-state index contributed by atoms with van der Waals surface area (Å²) in [6.45, 7) is 2.86. The number of nitrogens with zero attached hydrogens (tertiary/aromatic N) is 2. The molecule has 37 heavy (non-hydrogen) atoms. The molecular weight excluding hydrogens is 526 g/mol. The Morgan fingerprint density at radius 2 is 1.62 bits per heavy atom. The number of likely N-dealkylation sites (tertiary alicyclic amines) is 1. The van der Waals surface area contributed by atoms with Crippen LogP contribution in [-0.2, 0) is 27.5 Å². The smallest absolute Gasteiger partial charge is 0.475 e. The van der Waals surface area contributed by atoms with Crippen molar-refractivity contribution in [2.75, 3.05) is 18.8 Å². The maximum atomic E-state index is 13.1. The fourth-order valence-corrected chi connectivity index (χ4v) is 4.85. The summed E-state index contributed by atoms with van der Waals surface area (Å²) in [6.07, 6.45) is -4.42. The van der Waals surface area contributed by atoms with Gasteiger partial charge in [-0.3, -0.25) is 4.90 Å². The van der Waals surface area contributed by atoms with Gasteiger partial charge in [-0.2, -0.15) is 26.3 Å². The van der Waals surface area contributed by atoms with Gasteiger partial charge < -0.3 is 5.11 Å². The molecule has 1 N–H and O–H groups in total. The molecule has 0 bridgehead atoms. The number of carboxylic acid groups (broad SMARTS) is 1. The van der Waals surface area contributed by atoms with E-state index in [9.17, 15) is 34.8 Å². The van der Waals surface area contributed by atoms with Crippen molar-refractivity contribution in [3.63, 3.8) is 0 Å². The van der Waals surface area contributed by atoms with Crippen molar-refractivity contribution in [1.82, 2.24) is 8.87 Å². The fourth-order valence-electron chi connectivity index (χ4n) is 3.65. The lowest BCUT2D eigenvalue weighted by Gasteiger charge is -2.30. The molecule has 4 rings (SSSR count). The number of alkyl halides is 6. The zero-order valence-electron chi connectivity index (χ0n) is 19.1. The number of halogens is 6. The van der Waals surface area contributed by atoms with Crippen LogP contribution in [0.15, 0.2) is 60.8 Å². The lowest BCUT2D eigenvalue weighted by Crippen LogP contribution is -2.36. The van der Waals surface area contributed by atoms with Crippen LogP contribution in [-0.4, -0.2) is 53.4 Å². The van der Waals surface area contributed by atoms with E-state index in [1.807, 2.05) is 12.1 Å². The molecule has 1 fully saturated rings. The highest BCUT2D eigenvalue weighted by Gasteiger charge is 2.38. The number of hydrogen-bond acceptors (Lipinski definition) is 4. The first-order valence-electron chi connectivity index (χ1n) is 10.9. The number of aliphatic carboxylic acids is 1. The minimum absolute atomic E-state index is 0.0607. The van der Waals surface area contributed by atoms with E-state index in [1.165, 1.54) is 46.9 Å². The van der Waals surface area contributed by atoms with Gasteiger partial charge in [0.15, 0.2) is 0 Å². The second kappa shape index (κ2) is 11.0. The van der Waals surface area contributed by atoms with Gasteiger partial charge in [-0.15, -0.1) is 0 Å². The molecule has 3 aromatic rings. The van der Waals surface area contributed by atoms with Crippen molar-refractivity contribution >= 4 is 33.0 Å². The fraction of sp³-hybridized carbons (Fsp3) is 0.292. The maximum Gasteiger partial charge on any atom is 0.490 e. The van der Waals surface area contributed by atoms with Gasteiger partial charge in [0.25, 0.3) is 0 Å². The Morgan fingerprint density at radius 1 is 0.973 bits per heavy atom. The normalized spacial score (nSPS) is 14.9. The van der Waals surface area contributed by atoms with Crippen molar-refractivity contribution < 1.29 is 44.7 Å². The molecule has 1 aliphatic rings. The third kappa shape index (κ3) is 7.13. The molecule has 1 saturated heterocycles. The molecule has 0 saturated carbocycles. The average Bonchev–Trinajstić information content (AvgIpc) is 3.21. The topological polar surface area (TPSA) is 79.6 Å². The lowest BCUT2D eigenvalue weighted by molar-refractivity contribution is -0.192. The monoisotopic (exact) mass is 548 g/mol. The molecular formula is C24H22F6N2O4S. The van der Waals surface area contributed by atoms with E-state index in [0.29, 0.717) is 5.52 Å². The lowest BCUT2D eigenvalue weighted by atomic mass is 10.1. The molecule has 0 spiro atoms. The molecule has 0 amide bonds. The van der Waals surface area contributed by atoms with Gasteiger partial charge >= 0.3 is 18.3 Å². The van der Waals surface area contributed by atoms with E-state index in [4.69, 9.17) is 9.90 Å². The van der Waals surface area contributed by atoms with Crippen LogP contribution in [0.4, 0.5) is 26.3 Å². The first-order valence-corrected chi connectivity index (χ1v) is 12.5. The Kier molecular flexibility index (Phi) is 8.38. The van der Waals surface area contributed by atoms with Crippen LogP contribution < -0.4 is 0 Å². The minimum Gasteiger partial charge on any atom is -0.475 e. The molecule has 13 heteroatoms. The van der Waals surface area contributed by atoms with Crippen LogP contribution >= 0.6 is 0 Å². The highest BCUT2D eigenvalue weighted by atomic mass is 32.2. The van der Waals surface area contributed by atoms with Crippen molar-refractivity contribution in [2.45, 2.75) is 25.3 Å². The number of hydrogen-bond donors (Lipinski definition) is 1. The molecule has 0 aliphatic carbocycles. The Balaban J connectivity index is 0.000000479. The third-order valence-corrected chi connectivity index (χ3v) is 7.07. The third-order valence-electron chi connectivity index (χ3n) is 5.54. The van der Waals surface area contributed by atoms with E-state index >= 15 is 0 Å². The van der Waals surface area contributed by atoms with Crippen molar-refractivity contribution in [2.24, 2.45) is 0 Å². The molecule has 1 aromatic heterocycles. The van der Waals surface area contributed by atoms with Crippen LogP contribution in [0.5, 0.6) is 0 Å². The summed E-state index contributed by atoms with van der Waals surface area (Å²) in [7, 11) is -3.76. The standard InChI is InChI=1S/C22H21F3N2O2S.C2HF3O2/c23-22(24,25)20-9-2-1-6-17(20)8-4-15-30(28,29)27-14-11-19-18(7-3-10-21(19)27)16-26-12-5-13-26;3-2(4,5)1(6)7/h1-4,6-11,14H,5,12-13,15-16H2;(H,6,7). The Bertz CT molecular complexity index is 1390. The summed E-state index contributed by atoms with van der Waals surface area (Å²) in [4.78, 5) is 11.2. The van der Waals surface area contributed by atoms with Crippen LogP contribution in [0, 0.1) is 0 Å². The predicted octanol–water partition coefficient (Wildman–Crippen LogP) is 5.39. The predicted molar refractivity (Wildman–Crippen MR) is 125 cm³/mol.